The van der Waals surface area contributed by atoms with Crippen LogP contribution in [0, 0.1) is 0 Å². The number of nitrogens with one attached hydrogen (secondary N) is 1. The predicted molar refractivity (Wildman–Crippen MR) is 121 cm³/mol. The van der Waals surface area contributed by atoms with Crippen LogP contribution in [0.5, 0.6) is 11.5 Å². The van der Waals surface area contributed by atoms with Crippen molar-refractivity contribution in [3.63, 3.8) is 0 Å². The van der Waals surface area contributed by atoms with Crippen LogP contribution >= 0.6 is 0 Å². The molecule has 0 aliphatic rings. The van der Waals surface area contributed by atoms with E-state index in [2.05, 4.69) is 78.0 Å². The molecule has 0 unspecified atom stereocenters. The average molecular weight is 386 g/mol. The SMILES string of the molecule is CC(C)(C)c1ccc(Oc2ccc(C(C)(C)C)cc2)cc1.CCCNCCO. The van der Waals surface area contributed by atoms with Crippen molar-refractivity contribution >= 4 is 0 Å². The monoisotopic (exact) mass is 385 g/mol. The van der Waals surface area contributed by atoms with Crippen molar-refractivity contribution in [2.24, 2.45) is 0 Å². The maximum absolute atomic E-state index is 8.23. The minimum Gasteiger partial charge on any atom is -0.457 e. The van der Waals surface area contributed by atoms with Crippen LogP contribution in [0.4, 0.5) is 0 Å². The highest BCUT2D eigenvalue weighted by Gasteiger charge is 2.14. The molecule has 0 heterocycles. The highest BCUT2D eigenvalue weighted by atomic mass is 16.5. The van der Waals surface area contributed by atoms with Crippen molar-refractivity contribution in [3.8, 4) is 11.5 Å². The molecule has 156 valence electrons. The van der Waals surface area contributed by atoms with Crippen LogP contribution in [0.2, 0.25) is 0 Å². The van der Waals surface area contributed by atoms with Crippen LogP contribution in [0.25, 0.3) is 0 Å². The molecule has 0 amide bonds. The van der Waals surface area contributed by atoms with E-state index >= 15 is 0 Å². The predicted octanol–water partition coefficient (Wildman–Crippen LogP) is 6.05. The molecule has 28 heavy (non-hydrogen) atoms. The number of aliphatic hydroxyl groups is 1. The Bertz CT molecular complexity index is 602. The molecule has 2 aromatic rings. The number of hydrogen-bond acceptors (Lipinski definition) is 3. The van der Waals surface area contributed by atoms with Gasteiger partial charge >= 0.3 is 0 Å². The molecular weight excluding hydrogens is 346 g/mol. The van der Waals surface area contributed by atoms with E-state index in [0.717, 1.165) is 31.0 Å². The minimum atomic E-state index is 0.173. The second-order valence-corrected chi connectivity index (χ2v) is 9.12. The van der Waals surface area contributed by atoms with Gasteiger partial charge in [0.05, 0.1) is 6.61 Å². The molecular formula is C25H39NO2. The lowest BCUT2D eigenvalue weighted by Gasteiger charge is -2.20. The largest absolute Gasteiger partial charge is 0.457 e. The van der Waals surface area contributed by atoms with Crippen molar-refractivity contribution in [3.05, 3.63) is 59.7 Å². The first-order chi connectivity index (χ1) is 13.1. The van der Waals surface area contributed by atoms with Crippen LogP contribution in [0.3, 0.4) is 0 Å². The van der Waals surface area contributed by atoms with Crippen LogP contribution in [0.15, 0.2) is 48.5 Å². The van der Waals surface area contributed by atoms with E-state index < -0.39 is 0 Å². The molecule has 0 fully saturated rings. The van der Waals surface area contributed by atoms with Gasteiger partial charge in [0.25, 0.3) is 0 Å². The summed E-state index contributed by atoms with van der Waals surface area (Å²) in [6, 6.07) is 16.7. The zero-order chi connectivity index (χ0) is 21.2. The Morgan fingerprint density at radius 3 is 1.39 bits per heavy atom. The van der Waals surface area contributed by atoms with E-state index in [1.807, 2.05) is 24.3 Å². The van der Waals surface area contributed by atoms with E-state index in [0.29, 0.717) is 0 Å². The van der Waals surface area contributed by atoms with Gasteiger partial charge in [0, 0.05) is 6.54 Å². The molecule has 0 bridgehead atoms. The van der Waals surface area contributed by atoms with E-state index in [9.17, 15) is 0 Å². The normalized spacial score (nSPS) is 11.6. The summed E-state index contributed by atoms with van der Waals surface area (Å²) in [6.07, 6.45) is 1.14. The van der Waals surface area contributed by atoms with Gasteiger partial charge in [-0.15, -0.1) is 0 Å². The molecule has 2 aromatic carbocycles. The summed E-state index contributed by atoms with van der Waals surface area (Å²) in [5, 5.41) is 11.3. The number of benzene rings is 2. The van der Waals surface area contributed by atoms with Gasteiger partial charge in [-0.05, 0) is 59.2 Å². The van der Waals surface area contributed by atoms with Gasteiger partial charge in [0.2, 0.25) is 0 Å². The Hall–Kier alpha value is -1.84. The maximum Gasteiger partial charge on any atom is 0.127 e. The van der Waals surface area contributed by atoms with E-state index in [1.54, 1.807) is 0 Å². The highest BCUT2D eigenvalue weighted by molar-refractivity contribution is 5.37. The number of ether oxygens (including phenoxy) is 1. The smallest absolute Gasteiger partial charge is 0.127 e. The van der Waals surface area contributed by atoms with Crippen molar-refractivity contribution in [1.82, 2.24) is 5.32 Å². The molecule has 0 saturated heterocycles. The summed E-state index contributed by atoms with van der Waals surface area (Å²) in [5.74, 6) is 1.76. The summed E-state index contributed by atoms with van der Waals surface area (Å²) < 4.78 is 5.91. The van der Waals surface area contributed by atoms with Gasteiger partial charge in [0.1, 0.15) is 11.5 Å². The Kier molecular flexibility index (Phi) is 9.71. The number of rotatable bonds is 6. The molecule has 2 rings (SSSR count). The number of hydrogen-bond donors (Lipinski definition) is 2. The van der Waals surface area contributed by atoms with E-state index in [1.165, 1.54) is 11.1 Å². The second kappa shape index (κ2) is 11.2. The van der Waals surface area contributed by atoms with Gasteiger partial charge in [0.15, 0.2) is 0 Å². The zero-order valence-electron chi connectivity index (χ0n) is 18.8. The first kappa shape index (κ1) is 24.2. The molecule has 0 spiro atoms. The third-order valence-corrected chi connectivity index (χ3v) is 4.39. The fourth-order valence-corrected chi connectivity index (χ4v) is 2.56. The molecule has 3 nitrogen and oxygen atoms in total. The van der Waals surface area contributed by atoms with Crippen LogP contribution < -0.4 is 10.1 Å². The van der Waals surface area contributed by atoms with Crippen molar-refractivity contribution in [2.75, 3.05) is 19.7 Å². The molecule has 0 atom stereocenters. The average Bonchev–Trinajstić information content (AvgIpc) is 2.62. The maximum atomic E-state index is 8.23. The van der Waals surface area contributed by atoms with Crippen LogP contribution in [-0.4, -0.2) is 24.8 Å². The van der Waals surface area contributed by atoms with Gasteiger partial charge in [-0.3, -0.25) is 0 Å². The van der Waals surface area contributed by atoms with Crippen molar-refractivity contribution < 1.29 is 9.84 Å². The molecule has 0 radical (unpaired) electrons. The van der Waals surface area contributed by atoms with Crippen LogP contribution in [0.1, 0.15) is 66.0 Å². The molecule has 0 aliphatic heterocycles. The summed E-state index contributed by atoms with van der Waals surface area (Å²) in [7, 11) is 0. The lowest BCUT2D eigenvalue weighted by atomic mass is 9.87. The lowest BCUT2D eigenvalue weighted by Crippen LogP contribution is -2.18. The van der Waals surface area contributed by atoms with Gasteiger partial charge in [-0.1, -0.05) is 72.7 Å². The summed E-state index contributed by atoms with van der Waals surface area (Å²) in [4.78, 5) is 0. The Labute approximate surface area is 172 Å². The topological polar surface area (TPSA) is 41.5 Å². The fourth-order valence-electron chi connectivity index (χ4n) is 2.56. The van der Waals surface area contributed by atoms with Crippen LogP contribution in [-0.2, 0) is 10.8 Å². The Balaban J connectivity index is 0.000000480. The highest BCUT2D eigenvalue weighted by Crippen LogP contribution is 2.29. The van der Waals surface area contributed by atoms with Gasteiger partial charge in [-0.25, -0.2) is 0 Å². The summed E-state index contributed by atoms with van der Waals surface area (Å²) in [5.41, 5.74) is 2.98. The minimum absolute atomic E-state index is 0.173. The molecule has 3 heteroatoms. The third-order valence-electron chi connectivity index (χ3n) is 4.39. The molecule has 0 saturated carbocycles. The Morgan fingerprint density at radius 1 is 0.714 bits per heavy atom. The van der Waals surface area contributed by atoms with E-state index in [4.69, 9.17) is 9.84 Å². The van der Waals surface area contributed by atoms with Gasteiger partial charge in [-0.2, -0.15) is 0 Å². The van der Waals surface area contributed by atoms with Crippen molar-refractivity contribution in [2.45, 2.75) is 65.7 Å². The molecule has 0 aliphatic carbocycles. The second-order valence-electron chi connectivity index (χ2n) is 9.12. The first-order valence-corrected chi connectivity index (χ1v) is 10.3. The number of aliphatic hydroxyl groups excluding tert-OH is 1. The summed E-state index contributed by atoms with van der Waals surface area (Å²) in [6.45, 7) is 17.4. The quantitative estimate of drug-likeness (QED) is 0.595. The molecule has 0 aromatic heterocycles. The lowest BCUT2D eigenvalue weighted by molar-refractivity contribution is 0.292. The fraction of sp³-hybridized carbons (Fsp3) is 0.520. The summed E-state index contributed by atoms with van der Waals surface area (Å²) >= 11 is 0. The molecule has 2 N–H and O–H groups in total. The van der Waals surface area contributed by atoms with E-state index in [-0.39, 0.29) is 17.4 Å². The Morgan fingerprint density at radius 2 is 1.11 bits per heavy atom. The standard InChI is InChI=1S/C20H26O.C5H13NO/c1-19(2,3)15-7-11-17(12-8-15)21-18-13-9-16(10-14-18)20(4,5)6;1-2-3-6-4-5-7/h7-14H,1-6H3;6-7H,2-5H2,1H3. The zero-order valence-corrected chi connectivity index (χ0v) is 18.8. The van der Waals surface area contributed by atoms with Crippen molar-refractivity contribution in [1.29, 1.82) is 0 Å². The third kappa shape index (κ3) is 8.90. The first-order valence-electron chi connectivity index (χ1n) is 10.3. The van der Waals surface area contributed by atoms with Gasteiger partial charge < -0.3 is 15.2 Å².